The molecule has 2 aliphatic rings. The minimum Gasteiger partial charge on any atom is -0.460 e. The number of rotatable bonds is 3. The minimum absolute atomic E-state index is 0.0259. The predicted octanol–water partition coefficient (Wildman–Crippen LogP) is 0.471. The summed E-state index contributed by atoms with van der Waals surface area (Å²) in [4.78, 5) is 13.6. The Balaban J connectivity index is 1.60. The highest BCUT2D eigenvalue weighted by atomic mass is 16.6. The van der Waals surface area contributed by atoms with Gasteiger partial charge < -0.3 is 14.7 Å². The summed E-state index contributed by atoms with van der Waals surface area (Å²) in [5, 5.41) is 10.0. The van der Waals surface area contributed by atoms with E-state index < -0.39 is 12.1 Å². The van der Waals surface area contributed by atoms with Gasteiger partial charge in [-0.2, -0.15) is 0 Å². The summed E-state index contributed by atoms with van der Waals surface area (Å²) in [6, 6.07) is 10.2. The smallest absolute Gasteiger partial charge is 0.339 e. The molecule has 0 aromatic heterocycles. The molecule has 5 atom stereocenters. The van der Waals surface area contributed by atoms with Crippen molar-refractivity contribution in [1.29, 1.82) is 0 Å². The molecule has 1 aromatic rings. The molecule has 0 amide bonds. The maximum absolute atomic E-state index is 12.0. The van der Waals surface area contributed by atoms with Crippen LogP contribution in [0.4, 0.5) is 0 Å². The van der Waals surface area contributed by atoms with Crippen LogP contribution >= 0.6 is 0 Å². The van der Waals surface area contributed by atoms with E-state index in [9.17, 15) is 9.90 Å². The van der Waals surface area contributed by atoms with Gasteiger partial charge in [-0.1, -0.05) is 30.3 Å². The summed E-state index contributed by atoms with van der Waals surface area (Å²) >= 11 is 0. The largest absolute Gasteiger partial charge is 0.460 e. The van der Waals surface area contributed by atoms with Crippen LogP contribution in [0.5, 0.6) is 0 Å². The van der Waals surface area contributed by atoms with Crippen molar-refractivity contribution in [2.24, 2.45) is 0 Å². The molecular weight excluding hydrogens is 254 g/mol. The third-order valence-corrected chi connectivity index (χ3v) is 4.87. The van der Waals surface area contributed by atoms with E-state index in [-0.39, 0.29) is 6.10 Å². The standard InChI is InChI=1S/C16H21NO3/c1-17-12-7-8-13(17)10-14(9-12)20-16(19)15(18)11-5-3-2-4-6-11/h2-6,12-15,18H,7-10H2,1H3/p+1/t12-,13+,14?,15-/m0/s1. The first kappa shape index (κ1) is 13.6. The zero-order valence-corrected chi connectivity index (χ0v) is 11.8. The van der Waals surface area contributed by atoms with Crippen molar-refractivity contribution >= 4 is 5.97 Å². The molecule has 0 spiro atoms. The lowest BCUT2D eigenvalue weighted by Gasteiger charge is -2.33. The van der Waals surface area contributed by atoms with Crippen LogP contribution in [0.3, 0.4) is 0 Å². The molecular formula is C16H22NO3+. The summed E-state index contributed by atoms with van der Waals surface area (Å²) in [7, 11) is 2.24. The van der Waals surface area contributed by atoms with Crippen LogP contribution in [0.2, 0.25) is 0 Å². The van der Waals surface area contributed by atoms with Crippen molar-refractivity contribution in [2.75, 3.05) is 7.05 Å². The quantitative estimate of drug-likeness (QED) is 0.789. The summed E-state index contributed by atoms with van der Waals surface area (Å²) < 4.78 is 5.53. The average molecular weight is 276 g/mol. The third-order valence-electron chi connectivity index (χ3n) is 4.87. The molecule has 0 radical (unpaired) electrons. The number of piperidine rings is 1. The van der Waals surface area contributed by atoms with Crippen molar-refractivity contribution in [3.63, 3.8) is 0 Å². The number of fused-ring (bicyclic) bond motifs is 2. The van der Waals surface area contributed by atoms with Gasteiger partial charge in [0.15, 0.2) is 6.10 Å². The number of aliphatic hydroxyl groups is 1. The molecule has 2 N–H and O–H groups in total. The molecule has 0 aliphatic carbocycles. The Bertz CT molecular complexity index is 462. The van der Waals surface area contributed by atoms with Crippen molar-refractivity contribution in [1.82, 2.24) is 0 Å². The minimum atomic E-state index is -1.17. The van der Waals surface area contributed by atoms with Gasteiger partial charge in [-0.15, -0.1) is 0 Å². The molecule has 2 unspecified atom stereocenters. The second-order valence-electron chi connectivity index (χ2n) is 6.06. The van der Waals surface area contributed by atoms with Gasteiger partial charge in [0.1, 0.15) is 6.10 Å². The lowest BCUT2D eigenvalue weighted by Crippen LogP contribution is -3.15. The fraction of sp³-hybridized carbons (Fsp3) is 0.562. The van der Waals surface area contributed by atoms with Crippen molar-refractivity contribution < 1.29 is 19.5 Å². The summed E-state index contributed by atoms with van der Waals surface area (Å²) in [5.74, 6) is -0.514. The number of esters is 1. The number of hydrogen-bond donors (Lipinski definition) is 2. The number of aliphatic hydroxyl groups excluding tert-OH is 1. The molecule has 108 valence electrons. The second-order valence-corrected chi connectivity index (χ2v) is 6.06. The number of hydrogen-bond acceptors (Lipinski definition) is 3. The van der Waals surface area contributed by atoms with Crippen LogP contribution in [-0.4, -0.2) is 36.3 Å². The molecule has 4 nitrogen and oxygen atoms in total. The topological polar surface area (TPSA) is 51.0 Å². The fourth-order valence-corrected chi connectivity index (χ4v) is 3.63. The second kappa shape index (κ2) is 5.54. The number of benzene rings is 1. The molecule has 2 fully saturated rings. The molecule has 4 heteroatoms. The van der Waals surface area contributed by atoms with E-state index in [0.717, 1.165) is 12.8 Å². The van der Waals surface area contributed by atoms with Crippen molar-refractivity contribution in [3.8, 4) is 0 Å². The van der Waals surface area contributed by atoms with Gasteiger partial charge in [0, 0.05) is 25.7 Å². The normalized spacial score (nSPS) is 33.7. The summed E-state index contributed by atoms with van der Waals surface area (Å²) in [5.41, 5.74) is 0.596. The monoisotopic (exact) mass is 276 g/mol. The zero-order valence-electron chi connectivity index (χ0n) is 11.8. The first-order valence-corrected chi connectivity index (χ1v) is 7.42. The highest BCUT2D eigenvalue weighted by Gasteiger charge is 2.44. The Hall–Kier alpha value is -1.39. The summed E-state index contributed by atoms with van der Waals surface area (Å²) in [6.45, 7) is 0. The lowest BCUT2D eigenvalue weighted by molar-refractivity contribution is -0.923. The highest BCUT2D eigenvalue weighted by Crippen LogP contribution is 2.26. The first-order chi connectivity index (χ1) is 9.65. The van der Waals surface area contributed by atoms with Gasteiger partial charge in [0.25, 0.3) is 0 Å². The number of quaternary nitrogens is 1. The van der Waals surface area contributed by atoms with Crippen LogP contribution in [0, 0.1) is 0 Å². The van der Waals surface area contributed by atoms with Gasteiger partial charge in [0.2, 0.25) is 0 Å². The van der Waals surface area contributed by atoms with Crippen LogP contribution in [-0.2, 0) is 9.53 Å². The Morgan fingerprint density at radius 3 is 2.45 bits per heavy atom. The molecule has 1 aromatic carbocycles. The van der Waals surface area contributed by atoms with Crippen LogP contribution < -0.4 is 4.90 Å². The molecule has 3 rings (SSSR count). The third kappa shape index (κ3) is 2.58. The van der Waals surface area contributed by atoms with E-state index >= 15 is 0 Å². The van der Waals surface area contributed by atoms with E-state index in [4.69, 9.17) is 4.74 Å². The molecule has 0 saturated carbocycles. The number of carbonyl (C=O) groups is 1. The Kier molecular flexibility index (Phi) is 3.76. The Labute approximate surface area is 119 Å². The Morgan fingerprint density at radius 2 is 1.85 bits per heavy atom. The SMILES string of the molecule is C[NH+]1[C@@H]2CC[C@H]1CC(OC(=O)[C@@H](O)c1ccccc1)C2. The molecule has 20 heavy (non-hydrogen) atoms. The fourth-order valence-electron chi connectivity index (χ4n) is 3.63. The summed E-state index contributed by atoms with van der Waals surface area (Å²) in [6.07, 6.45) is 3.12. The first-order valence-electron chi connectivity index (χ1n) is 7.42. The number of carbonyl (C=O) groups excluding carboxylic acids is 1. The van der Waals surface area contributed by atoms with E-state index in [0.29, 0.717) is 17.6 Å². The van der Waals surface area contributed by atoms with E-state index in [1.165, 1.54) is 12.8 Å². The predicted molar refractivity (Wildman–Crippen MR) is 74.2 cm³/mol. The maximum Gasteiger partial charge on any atom is 0.339 e. The van der Waals surface area contributed by atoms with E-state index in [1.807, 2.05) is 18.2 Å². The van der Waals surface area contributed by atoms with E-state index in [2.05, 4.69) is 7.05 Å². The van der Waals surface area contributed by atoms with Gasteiger partial charge in [-0.3, -0.25) is 0 Å². The lowest BCUT2D eigenvalue weighted by atomic mass is 10.0. The average Bonchev–Trinajstić information content (AvgIpc) is 2.69. The number of nitrogens with one attached hydrogen (secondary N) is 1. The number of ether oxygens (including phenoxy) is 1. The van der Waals surface area contributed by atoms with Crippen LogP contribution in [0.15, 0.2) is 30.3 Å². The molecule has 2 heterocycles. The van der Waals surface area contributed by atoms with Crippen molar-refractivity contribution in [3.05, 3.63) is 35.9 Å². The molecule has 2 bridgehead atoms. The van der Waals surface area contributed by atoms with Gasteiger partial charge in [-0.25, -0.2) is 4.79 Å². The Morgan fingerprint density at radius 1 is 1.25 bits per heavy atom. The van der Waals surface area contributed by atoms with Gasteiger partial charge >= 0.3 is 5.97 Å². The van der Waals surface area contributed by atoms with Crippen LogP contribution in [0.25, 0.3) is 0 Å². The van der Waals surface area contributed by atoms with Gasteiger partial charge in [0.05, 0.1) is 19.1 Å². The van der Waals surface area contributed by atoms with Crippen LogP contribution in [0.1, 0.15) is 37.4 Å². The molecule has 2 aliphatic heterocycles. The highest BCUT2D eigenvalue weighted by molar-refractivity contribution is 5.76. The van der Waals surface area contributed by atoms with Crippen molar-refractivity contribution in [2.45, 2.75) is 50.0 Å². The van der Waals surface area contributed by atoms with E-state index in [1.54, 1.807) is 17.0 Å². The molecule has 2 saturated heterocycles. The maximum atomic E-state index is 12.0. The zero-order chi connectivity index (χ0) is 14.1. The van der Waals surface area contributed by atoms with Gasteiger partial charge in [-0.05, 0) is 5.56 Å².